The van der Waals surface area contributed by atoms with Gasteiger partial charge in [0.25, 0.3) is 5.91 Å². The second kappa shape index (κ2) is 11.6. The van der Waals surface area contributed by atoms with E-state index in [1.165, 1.54) is 23.5 Å². The summed E-state index contributed by atoms with van der Waals surface area (Å²) in [4.78, 5) is 21.5. The molecule has 0 aliphatic carbocycles. The molecule has 1 heterocycles. The quantitative estimate of drug-likeness (QED) is 0.383. The molecule has 0 saturated carbocycles. The third-order valence-electron chi connectivity index (χ3n) is 4.59. The maximum absolute atomic E-state index is 13.8. The van der Waals surface area contributed by atoms with E-state index in [4.69, 9.17) is 4.74 Å². The van der Waals surface area contributed by atoms with Crippen LogP contribution in [-0.4, -0.2) is 48.6 Å². The van der Waals surface area contributed by atoms with E-state index in [1.54, 1.807) is 17.0 Å². The number of nitrogens with zero attached hydrogens (tertiary/aromatic N) is 3. The highest BCUT2D eigenvalue weighted by molar-refractivity contribution is 9.10. The zero-order valence-electron chi connectivity index (χ0n) is 16.8. The zero-order chi connectivity index (χ0) is 20.8. The number of thiazole rings is 1. The Hall–Kier alpha value is -1.74. The summed E-state index contributed by atoms with van der Waals surface area (Å²) in [7, 11) is 0. The number of halogens is 3. The summed E-state index contributed by atoms with van der Waals surface area (Å²) in [6, 6.07) is 11.9. The molecular weight excluding hydrogens is 493 g/mol. The second-order valence-electron chi connectivity index (χ2n) is 6.40. The van der Waals surface area contributed by atoms with Crippen molar-refractivity contribution >= 4 is 60.9 Å². The highest BCUT2D eigenvalue weighted by atomic mass is 79.9. The van der Waals surface area contributed by atoms with Crippen LogP contribution >= 0.6 is 39.7 Å². The maximum atomic E-state index is 13.8. The molecule has 5 nitrogen and oxygen atoms in total. The zero-order valence-corrected chi connectivity index (χ0v) is 20.0. The van der Waals surface area contributed by atoms with Crippen molar-refractivity contribution in [3.63, 3.8) is 0 Å². The molecule has 0 unspecified atom stereocenters. The van der Waals surface area contributed by atoms with Gasteiger partial charge in [0.15, 0.2) is 23.3 Å². The smallest absolute Gasteiger partial charge is 0.266 e. The Morgan fingerprint density at radius 1 is 1.17 bits per heavy atom. The minimum absolute atomic E-state index is 0. The lowest BCUT2D eigenvalue weighted by atomic mass is 10.3. The van der Waals surface area contributed by atoms with Gasteiger partial charge in [0.2, 0.25) is 0 Å². The molecule has 0 aliphatic rings. The number of fused-ring (bicyclic) bond motifs is 1. The summed E-state index contributed by atoms with van der Waals surface area (Å²) in [6.07, 6.45) is 0. The average Bonchev–Trinajstić information content (AvgIpc) is 3.13. The number of para-hydroxylation sites is 1. The fraction of sp³-hybridized carbons (Fsp3) is 0.333. The molecule has 0 N–H and O–H groups in total. The van der Waals surface area contributed by atoms with Crippen molar-refractivity contribution in [1.29, 1.82) is 0 Å². The molecule has 0 bridgehead atoms. The Balaban J connectivity index is 0.00000320. The third kappa shape index (κ3) is 6.14. The fourth-order valence-electron chi connectivity index (χ4n) is 2.89. The number of aromatic nitrogens is 1. The van der Waals surface area contributed by atoms with Crippen LogP contribution in [-0.2, 0) is 4.79 Å². The van der Waals surface area contributed by atoms with Crippen molar-refractivity contribution in [2.24, 2.45) is 0 Å². The summed E-state index contributed by atoms with van der Waals surface area (Å²) < 4.78 is 21.2. The molecule has 1 amide bonds. The van der Waals surface area contributed by atoms with Crippen LogP contribution in [0.3, 0.4) is 0 Å². The van der Waals surface area contributed by atoms with Gasteiger partial charge in [0.1, 0.15) is 0 Å². The molecule has 0 atom stereocenters. The summed E-state index contributed by atoms with van der Waals surface area (Å²) in [5.74, 6) is -0.670. The summed E-state index contributed by atoms with van der Waals surface area (Å²) in [5, 5.41) is 0.618. The van der Waals surface area contributed by atoms with Crippen LogP contribution in [0.4, 0.5) is 9.52 Å². The van der Waals surface area contributed by atoms with E-state index in [0.29, 0.717) is 11.7 Å². The van der Waals surface area contributed by atoms with E-state index in [-0.39, 0.29) is 30.7 Å². The Morgan fingerprint density at radius 3 is 2.60 bits per heavy atom. The van der Waals surface area contributed by atoms with E-state index in [1.807, 2.05) is 18.2 Å². The van der Waals surface area contributed by atoms with Crippen molar-refractivity contribution in [1.82, 2.24) is 9.88 Å². The molecule has 2 aromatic carbocycles. The highest BCUT2D eigenvalue weighted by Crippen LogP contribution is 2.31. The van der Waals surface area contributed by atoms with E-state index in [9.17, 15) is 9.18 Å². The van der Waals surface area contributed by atoms with Crippen molar-refractivity contribution in [2.75, 3.05) is 37.7 Å². The lowest BCUT2D eigenvalue weighted by Gasteiger charge is -2.24. The van der Waals surface area contributed by atoms with E-state index < -0.39 is 5.82 Å². The molecule has 0 fully saturated rings. The lowest BCUT2D eigenvalue weighted by Crippen LogP contribution is -2.41. The average molecular weight is 517 g/mol. The normalized spacial score (nSPS) is 10.8. The minimum atomic E-state index is -0.486. The van der Waals surface area contributed by atoms with Crippen LogP contribution in [0.2, 0.25) is 0 Å². The van der Waals surface area contributed by atoms with Crippen molar-refractivity contribution < 1.29 is 13.9 Å². The van der Waals surface area contributed by atoms with Crippen molar-refractivity contribution in [2.45, 2.75) is 13.8 Å². The van der Waals surface area contributed by atoms with Gasteiger partial charge in [0, 0.05) is 17.6 Å². The number of anilines is 1. The van der Waals surface area contributed by atoms with Gasteiger partial charge in [-0.15, -0.1) is 12.4 Å². The molecule has 3 rings (SSSR count). The first-order valence-electron chi connectivity index (χ1n) is 9.48. The molecule has 3 aromatic rings. The van der Waals surface area contributed by atoms with E-state index >= 15 is 0 Å². The summed E-state index contributed by atoms with van der Waals surface area (Å²) >= 11 is 4.93. The van der Waals surface area contributed by atoms with Crippen LogP contribution in [0.25, 0.3) is 10.2 Å². The molecule has 162 valence electrons. The number of carbonyl (C=O) groups excluding carboxylic acids is 1. The largest absolute Gasteiger partial charge is 0.481 e. The van der Waals surface area contributed by atoms with Crippen LogP contribution in [0.1, 0.15) is 13.8 Å². The minimum Gasteiger partial charge on any atom is -0.481 e. The summed E-state index contributed by atoms with van der Waals surface area (Å²) in [5.41, 5.74) is 0.837. The highest BCUT2D eigenvalue weighted by Gasteiger charge is 2.21. The van der Waals surface area contributed by atoms with Gasteiger partial charge in [0.05, 0.1) is 10.2 Å². The SMILES string of the molecule is CCN(CC)CCN(C(=O)COc1ccccc1F)c1nc2ccc(Br)cc2s1.Cl. The number of benzene rings is 2. The van der Waals surface area contributed by atoms with Crippen molar-refractivity contribution in [3.05, 3.63) is 52.8 Å². The molecular formula is C21H24BrClFN3O2S. The van der Waals surface area contributed by atoms with Gasteiger partial charge in [-0.1, -0.05) is 53.2 Å². The number of hydrogen-bond acceptors (Lipinski definition) is 5. The molecule has 0 aliphatic heterocycles. The Kier molecular flexibility index (Phi) is 9.48. The lowest BCUT2D eigenvalue weighted by molar-refractivity contribution is -0.120. The van der Waals surface area contributed by atoms with Gasteiger partial charge in [-0.2, -0.15) is 0 Å². The molecule has 0 spiro atoms. The van der Waals surface area contributed by atoms with Crippen LogP contribution in [0, 0.1) is 5.82 Å². The predicted octanol–water partition coefficient (Wildman–Crippen LogP) is 5.37. The Labute approximate surface area is 194 Å². The van der Waals surface area contributed by atoms with E-state index in [0.717, 1.165) is 34.3 Å². The number of amides is 1. The van der Waals surface area contributed by atoms with E-state index in [2.05, 4.69) is 39.7 Å². The van der Waals surface area contributed by atoms with Crippen LogP contribution in [0.5, 0.6) is 5.75 Å². The number of hydrogen-bond donors (Lipinski definition) is 0. The molecule has 9 heteroatoms. The monoisotopic (exact) mass is 515 g/mol. The van der Waals surface area contributed by atoms with Crippen molar-refractivity contribution in [3.8, 4) is 5.75 Å². The first-order chi connectivity index (χ1) is 14.0. The first kappa shape index (κ1) is 24.5. The van der Waals surface area contributed by atoms with Gasteiger partial charge >= 0.3 is 0 Å². The van der Waals surface area contributed by atoms with Gasteiger partial charge < -0.3 is 9.64 Å². The number of rotatable bonds is 9. The number of ether oxygens (including phenoxy) is 1. The van der Waals surface area contributed by atoms with Gasteiger partial charge in [-0.25, -0.2) is 9.37 Å². The van der Waals surface area contributed by atoms with Crippen LogP contribution < -0.4 is 9.64 Å². The standard InChI is InChI=1S/C21H23BrFN3O2S.ClH/c1-3-25(4-2)11-12-26(20(27)14-28-18-8-6-5-7-16(18)23)21-24-17-10-9-15(22)13-19(17)29-21;/h5-10,13H,3-4,11-12,14H2,1-2H3;1H. The predicted molar refractivity (Wildman–Crippen MR) is 127 cm³/mol. The van der Waals surface area contributed by atoms with Crippen LogP contribution in [0.15, 0.2) is 46.9 Å². The number of likely N-dealkylation sites (N-methyl/N-ethyl adjacent to an activating group) is 1. The van der Waals surface area contributed by atoms with Gasteiger partial charge in [-0.3, -0.25) is 9.69 Å². The molecule has 1 aromatic heterocycles. The topological polar surface area (TPSA) is 45.7 Å². The third-order valence-corrected chi connectivity index (χ3v) is 6.13. The Morgan fingerprint density at radius 2 is 1.90 bits per heavy atom. The molecule has 0 saturated heterocycles. The summed E-state index contributed by atoms with van der Waals surface area (Å²) in [6.45, 7) is 6.94. The number of carbonyl (C=O) groups is 1. The maximum Gasteiger partial charge on any atom is 0.266 e. The molecule has 0 radical (unpaired) electrons. The Bertz CT molecular complexity index is 984. The molecule has 30 heavy (non-hydrogen) atoms. The second-order valence-corrected chi connectivity index (χ2v) is 8.32. The fourth-order valence-corrected chi connectivity index (χ4v) is 4.45. The van der Waals surface area contributed by atoms with Gasteiger partial charge in [-0.05, 0) is 43.4 Å². The first-order valence-corrected chi connectivity index (χ1v) is 11.1.